The summed E-state index contributed by atoms with van der Waals surface area (Å²) >= 11 is 0. The Morgan fingerprint density at radius 2 is 2.20 bits per heavy atom. The molecule has 110 valence electrons. The summed E-state index contributed by atoms with van der Waals surface area (Å²) in [5, 5.41) is 3.23. The van der Waals surface area contributed by atoms with Crippen LogP contribution in [0.5, 0.6) is 11.5 Å². The van der Waals surface area contributed by atoms with Crippen LogP contribution in [-0.2, 0) is 20.8 Å². The minimum absolute atomic E-state index is 0.000452. The van der Waals surface area contributed by atoms with Crippen molar-refractivity contribution < 1.29 is 23.7 Å². The first-order valence-electron chi connectivity index (χ1n) is 6.62. The molecule has 6 heteroatoms. The van der Waals surface area contributed by atoms with Gasteiger partial charge < -0.3 is 24.3 Å². The molecule has 1 heterocycles. The molecule has 6 nitrogen and oxygen atoms in total. The van der Waals surface area contributed by atoms with E-state index in [-0.39, 0.29) is 19.4 Å². The molecule has 1 N–H and O–H groups in total. The molecule has 0 unspecified atom stereocenters. The number of esters is 1. The first-order valence-corrected chi connectivity index (χ1v) is 6.62. The summed E-state index contributed by atoms with van der Waals surface area (Å²) in [4.78, 5) is 11.0. The van der Waals surface area contributed by atoms with E-state index < -0.39 is 0 Å². The highest BCUT2D eigenvalue weighted by Crippen LogP contribution is 2.32. The highest BCUT2D eigenvalue weighted by Gasteiger charge is 2.12. The van der Waals surface area contributed by atoms with Gasteiger partial charge in [0.25, 0.3) is 0 Å². The quantitative estimate of drug-likeness (QED) is 0.568. The standard InChI is InChI=1S/C14H19NO5/c1-2-18-14(16)9-17-6-5-15-8-11-3-4-12-13(7-11)20-10-19-12/h3-4,7,15H,2,5-6,8-10H2,1H3. The normalized spacial score (nSPS) is 12.4. The first kappa shape index (κ1) is 14.6. The van der Waals surface area contributed by atoms with Crippen molar-refractivity contribution in [2.45, 2.75) is 13.5 Å². The lowest BCUT2D eigenvalue weighted by Gasteiger charge is -2.07. The third-order valence-electron chi connectivity index (χ3n) is 2.71. The van der Waals surface area contributed by atoms with Gasteiger partial charge in [0.1, 0.15) is 6.61 Å². The minimum atomic E-state index is -0.330. The zero-order valence-corrected chi connectivity index (χ0v) is 11.5. The summed E-state index contributed by atoms with van der Waals surface area (Å²) in [6.07, 6.45) is 0. The van der Waals surface area contributed by atoms with Crippen LogP contribution in [0.15, 0.2) is 18.2 Å². The average Bonchev–Trinajstić information content (AvgIpc) is 2.90. The number of fused-ring (bicyclic) bond motifs is 1. The van der Waals surface area contributed by atoms with Crippen LogP contribution >= 0.6 is 0 Å². The predicted octanol–water partition coefficient (Wildman–Crippen LogP) is 1.08. The van der Waals surface area contributed by atoms with Crippen molar-refractivity contribution in [1.82, 2.24) is 5.32 Å². The fourth-order valence-corrected chi connectivity index (χ4v) is 1.79. The van der Waals surface area contributed by atoms with Crippen LogP contribution in [0.4, 0.5) is 0 Å². The van der Waals surface area contributed by atoms with Gasteiger partial charge in [-0.1, -0.05) is 6.07 Å². The summed E-state index contributed by atoms with van der Waals surface area (Å²) in [6.45, 7) is 4.26. The van der Waals surface area contributed by atoms with Crippen molar-refractivity contribution >= 4 is 5.97 Å². The molecule has 0 bridgehead atoms. The maximum atomic E-state index is 11.0. The van der Waals surface area contributed by atoms with Crippen molar-refractivity contribution in [3.05, 3.63) is 23.8 Å². The molecule has 1 aromatic carbocycles. The fraction of sp³-hybridized carbons (Fsp3) is 0.500. The first-order chi connectivity index (χ1) is 9.79. The number of benzene rings is 1. The molecule has 0 amide bonds. The number of rotatable bonds is 8. The molecule has 0 spiro atoms. The van der Waals surface area contributed by atoms with Gasteiger partial charge in [0.05, 0.1) is 13.2 Å². The second kappa shape index (κ2) is 7.72. The van der Waals surface area contributed by atoms with Crippen LogP contribution in [0.1, 0.15) is 12.5 Å². The lowest BCUT2D eigenvalue weighted by molar-refractivity contribution is -0.148. The Hall–Kier alpha value is -1.79. The summed E-state index contributed by atoms with van der Waals surface area (Å²) in [7, 11) is 0. The molecule has 0 saturated carbocycles. The van der Waals surface area contributed by atoms with E-state index in [2.05, 4.69) is 5.32 Å². The van der Waals surface area contributed by atoms with E-state index in [9.17, 15) is 4.79 Å². The van der Waals surface area contributed by atoms with Crippen LogP contribution in [-0.4, -0.2) is 39.1 Å². The summed E-state index contributed by atoms with van der Waals surface area (Å²) in [6, 6.07) is 5.84. The van der Waals surface area contributed by atoms with E-state index >= 15 is 0 Å². The molecule has 1 aliphatic rings. The van der Waals surface area contributed by atoms with Gasteiger partial charge in [0, 0.05) is 13.1 Å². The number of hydrogen-bond acceptors (Lipinski definition) is 6. The molecular formula is C14H19NO5. The van der Waals surface area contributed by atoms with E-state index in [1.54, 1.807) is 6.92 Å². The zero-order chi connectivity index (χ0) is 14.2. The molecule has 0 aromatic heterocycles. The van der Waals surface area contributed by atoms with Crippen molar-refractivity contribution in [3.8, 4) is 11.5 Å². The average molecular weight is 281 g/mol. The van der Waals surface area contributed by atoms with Crippen molar-refractivity contribution in [1.29, 1.82) is 0 Å². The number of ether oxygens (including phenoxy) is 4. The molecule has 0 saturated heterocycles. The van der Waals surface area contributed by atoms with Crippen LogP contribution < -0.4 is 14.8 Å². The second-order valence-corrected chi connectivity index (χ2v) is 4.22. The van der Waals surface area contributed by atoms with Crippen molar-refractivity contribution in [3.63, 3.8) is 0 Å². The topological polar surface area (TPSA) is 66.0 Å². The Labute approximate surface area is 118 Å². The summed E-state index contributed by atoms with van der Waals surface area (Å²) < 4.78 is 20.5. The van der Waals surface area contributed by atoms with Gasteiger partial charge in [-0.15, -0.1) is 0 Å². The number of nitrogens with one attached hydrogen (secondary N) is 1. The summed E-state index contributed by atoms with van der Waals surface area (Å²) in [5.41, 5.74) is 1.11. The van der Waals surface area contributed by atoms with Crippen LogP contribution in [0, 0.1) is 0 Å². The van der Waals surface area contributed by atoms with E-state index in [1.165, 1.54) is 0 Å². The molecule has 0 aliphatic carbocycles. The van der Waals surface area contributed by atoms with Crippen LogP contribution in [0.25, 0.3) is 0 Å². The molecule has 2 rings (SSSR count). The molecular weight excluding hydrogens is 262 g/mol. The molecule has 1 aromatic rings. The largest absolute Gasteiger partial charge is 0.464 e. The molecule has 0 radical (unpaired) electrons. The fourth-order valence-electron chi connectivity index (χ4n) is 1.79. The van der Waals surface area contributed by atoms with E-state index in [0.29, 0.717) is 26.3 Å². The molecule has 20 heavy (non-hydrogen) atoms. The van der Waals surface area contributed by atoms with Gasteiger partial charge in [0.15, 0.2) is 11.5 Å². The number of hydrogen-bond donors (Lipinski definition) is 1. The molecule has 0 atom stereocenters. The Kier molecular flexibility index (Phi) is 5.64. The number of carbonyl (C=O) groups is 1. The van der Waals surface area contributed by atoms with Crippen molar-refractivity contribution in [2.75, 3.05) is 33.2 Å². The Balaban J connectivity index is 1.58. The van der Waals surface area contributed by atoms with Gasteiger partial charge in [-0.2, -0.15) is 0 Å². The van der Waals surface area contributed by atoms with Gasteiger partial charge >= 0.3 is 5.97 Å². The molecule has 0 fully saturated rings. The van der Waals surface area contributed by atoms with E-state index in [1.807, 2.05) is 18.2 Å². The Bertz CT molecular complexity index is 449. The highest BCUT2D eigenvalue weighted by atomic mass is 16.7. The van der Waals surface area contributed by atoms with Crippen LogP contribution in [0.3, 0.4) is 0 Å². The zero-order valence-electron chi connectivity index (χ0n) is 11.5. The predicted molar refractivity (Wildman–Crippen MR) is 71.7 cm³/mol. The smallest absolute Gasteiger partial charge is 0.332 e. The van der Waals surface area contributed by atoms with Crippen molar-refractivity contribution in [2.24, 2.45) is 0 Å². The van der Waals surface area contributed by atoms with Gasteiger partial charge in [-0.05, 0) is 24.6 Å². The number of carbonyl (C=O) groups excluding carboxylic acids is 1. The maximum absolute atomic E-state index is 11.0. The Morgan fingerprint density at radius 3 is 3.05 bits per heavy atom. The van der Waals surface area contributed by atoms with E-state index in [4.69, 9.17) is 18.9 Å². The lowest BCUT2D eigenvalue weighted by atomic mass is 10.2. The lowest BCUT2D eigenvalue weighted by Crippen LogP contribution is -2.21. The minimum Gasteiger partial charge on any atom is -0.464 e. The second-order valence-electron chi connectivity index (χ2n) is 4.22. The third kappa shape index (κ3) is 4.40. The highest BCUT2D eigenvalue weighted by molar-refractivity contribution is 5.70. The summed E-state index contributed by atoms with van der Waals surface area (Å²) in [5.74, 6) is 1.23. The monoisotopic (exact) mass is 281 g/mol. The van der Waals surface area contributed by atoms with Gasteiger partial charge in [0.2, 0.25) is 6.79 Å². The SMILES string of the molecule is CCOC(=O)COCCNCc1ccc2c(c1)OCO2. The van der Waals surface area contributed by atoms with E-state index in [0.717, 1.165) is 17.1 Å². The van der Waals surface area contributed by atoms with Gasteiger partial charge in [-0.25, -0.2) is 4.79 Å². The van der Waals surface area contributed by atoms with Crippen LogP contribution in [0.2, 0.25) is 0 Å². The Morgan fingerprint density at radius 1 is 1.35 bits per heavy atom. The molecule has 1 aliphatic heterocycles. The third-order valence-corrected chi connectivity index (χ3v) is 2.71. The van der Waals surface area contributed by atoms with Gasteiger partial charge in [-0.3, -0.25) is 0 Å². The maximum Gasteiger partial charge on any atom is 0.332 e.